The number of halogens is 3. The average Bonchev–Trinajstić information content (AvgIpc) is 2.03. The first-order valence-corrected chi connectivity index (χ1v) is 3.03. The van der Waals surface area contributed by atoms with Gasteiger partial charge in [0, 0.05) is 18.3 Å². The Labute approximate surface area is 67.0 Å². The molecule has 1 rings (SSSR count). The van der Waals surface area contributed by atoms with Crippen LogP contribution in [0.25, 0.3) is 0 Å². The molecule has 0 unspecified atom stereocenters. The van der Waals surface area contributed by atoms with E-state index in [0.717, 1.165) is 12.3 Å². The van der Waals surface area contributed by atoms with E-state index in [2.05, 4.69) is 15.8 Å². The van der Waals surface area contributed by atoms with Crippen LogP contribution >= 0.6 is 0 Å². The molecule has 0 aliphatic carbocycles. The average molecular weight is 176 g/mol. The van der Waals surface area contributed by atoms with Gasteiger partial charge in [-0.3, -0.25) is 4.98 Å². The molecule has 0 bridgehead atoms. The molecule has 0 saturated heterocycles. The van der Waals surface area contributed by atoms with E-state index in [0.29, 0.717) is 0 Å². The molecule has 1 radical (unpaired) electrons. The third-order valence-electron chi connectivity index (χ3n) is 1.19. The second-order valence-electron chi connectivity index (χ2n) is 2.00. The van der Waals surface area contributed by atoms with E-state index >= 15 is 0 Å². The SMILES string of the molecule is COc1[c]cnc(C(F)(F)F)c1. The first kappa shape index (κ1) is 8.83. The second kappa shape index (κ2) is 3.00. The van der Waals surface area contributed by atoms with Crippen LogP contribution in [0, 0.1) is 6.07 Å². The van der Waals surface area contributed by atoms with Crippen molar-refractivity contribution in [1.82, 2.24) is 4.98 Å². The van der Waals surface area contributed by atoms with Crippen molar-refractivity contribution in [3.8, 4) is 5.75 Å². The van der Waals surface area contributed by atoms with Gasteiger partial charge in [-0.05, 0) is 0 Å². The zero-order valence-corrected chi connectivity index (χ0v) is 6.14. The molecule has 0 fully saturated rings. The zero-order chi connectivity index (χ0) is 9.19. The third kappa shape index (κ3) is 1.87. The van der Waals surface area contributed by atoms with Crippen molar-refractivity contribution in [2.24, 2.45) is 0 Å². The molecule has 0 aliphatic rings. The maximum atomic E-state index is 12.0. The van der Waals surface area contributed by atoms with Gasteiger partial charge in [-0.1, -0.05) is 0 Å². The number of aromatic nitrogens is 1. The summed E-state index contributed by atoms with van der Waals surface area (Å²) in [5, 5.41) is 0. The van der Waals surface area contributed by atoms with Crippen molar-refractivity contribution in [3.05, 3.63) is 24.0 Å². The van der Waals surface area contributed by atoms with Gasteiger partial charge >= 0.3 is 6.18 Å². The fourth-order valence-corrected chi connectivity index (χ4v) is 0.641. The van der Waals surface area contributed by atoms with Crippen molar-refractivity contribution >= 4 is 0 Å². The van der Waals surface area contributed by atoms with Gasteiger partial charge in [0.2, 0.25) is 0 Å². The van der Waals surface area contributed by atoms with Gasteiger partial charge in [0.1, 0.15) is 11.4 Å². The summed E-state index contributed by atoms with van der Waals surface area (Å²) in [6, 6.07) is 3.19. The first-order valence-electron chi connectivity index (χ1n) is 3.03. The van der Waals surface area contributed by atoms with Crippen LogP contribution in [0.15, 0.2) is 12.3 Å². The van der Waals surface area contributed by atoms with E-state index in [4.69, 9.17) is 0 Å². The third-order valence-corrected chi connectivity index (χ3v) is 1.19. The largest absolute Gasteiger partial charge is 0.496 e. The van der Waals surface area contributed by atoms with E-state index in [1.165, 1.54) is 7.11 Å². The highest BCUT2D eigenvalue weighted by atomic mass is 19.4. The van der Waals surface area contributed by atoms with E-state index in [1.54, 1.807) is 0 Å². The maximum Gasteiger partial charge on any atom is 0.433 e. The van der Waals surface area contributed by atoms with Crippen LogP contribution in [-0.4, -0.2) is 12.1 Å². The second-order valence-corrected chi connectivity index (χ2v) is 2.00. The van der Waals surface area contributed by atoms with Gasteiger partial charge in [0.15, 0.2) is 0 Å². The normalized spacial score (nSPS) is 11.3. The Morgan fingerprint density at radius 2 is 2.17 bits per heavy atom. The van der Waals surface area contributed by atoms with Crippen LogP contribution in [-0.2, 0) is 6.18 Å². The van der Waals surface area contributed by atoms with Gasteiger partial charge in [0.05, 0.1) is 7.11 Å². The smallest absolute Gasteiger partial charge is 0.433 e. The molecular formula is C7H5F3NO. The number of methoxy groups -OCH3 is 1. The van der Waals surface area contributed by atoms with E-state index in [1.807, 2.05) is 0 Å². The highest BCUT2D eigenvalue weighted by molar-refractivity contribution is 5.22. The summed E-state index contributed by atoms with van der Waals surface area (Å²) in [5.41, 5.74) is -0.974. The summed E-state index contributed by atoms with van der Waals surface area (Å²) in [7, 11) is 1.27. The standard InChI is InChI=1S/C7H5F3NO/c1-12-5-2-3-11-6(4-5)7(8,9)10/h3-4H,1H3. The topological polar surface area (TPSA) is 22.1 Å². The van der Waals surface area contributed by atoms with E-state index in [9.17, 15) is 13.2 Å². The number of rotatable bonds is 1. The molecule has 12 heavy (non-hydrogen) atoms. The highest BCUT2D eigenvalue weighted by Crippen LogP contribution is 2.28. The minimum Gasteiger partial charge on any atom is -0.496 e. The number of ether oxygens (including phenoxy) is 1. The molecule has 1 aromatic heterocycles. The molecule has 0 N–H and O–H groups in total. The summed E-state index contributed by atoms with van der Waals surface area (Å²) in [5.74, 6) is 0.0253. The number of nitrogens with zero attached hydrogens (tertiary/aromatic N) is 1. The fraction of sp³-hybridized carbons (Fsp3) is 0.286. The van der Waals surface area contributed by atoms with Crippen LogP contribution in [0.4, 0.5) is 13.2 Å². The summed E-state index contributed by atoms with van der Waals surface area (Å²) in [4.78, 5) is 3.10. The lowest BCUT2D eigenvalue weighted by atomic mass is 10.3. The van der Waals surface area contributed by atoms with Crippen LogP contribution < -0.4 is 4.74 Å². The molecule has 0 aromatic carbocycles. The summed E-state index contributed by atoms with van der Waals surface area (Å²) >= 11 is 0. The van der Waals surface area contributed by atoms with Gasteiger partial charge in [-0.15, -0.1) is 0 Å². The predicted molar refractivity (Wildman–Crippen MR) is 34.6 cm³/mol. The van der Waals surface area contributed by atoms with Gasteiger partial charge < -0.3 is 4.74 Å². The summed E-state index contributed by atoms with van der Waals surface area (Å²) in [6.45, 7) is 0. The number of alkyl halides is 3. The minimum absolute atomic E-state index is 0.0253. The molecule has 5 heteroatoms. The lowest BCUT2D eigenvalue weighted by molar-refractivity contribution is -0.141. The van der Waals surface area contributed by atoms with Crippen molar-refractivity contribution in [2.75, 3.05) is 7.11 Å². The Morgan fingerprint density at radius 1 is 1.50 bits per heavy atom. The molecule has 1 aromatic rings. The van der Waals surface area contributed by atoms with Crippen LogP contribution in [0.3, 0.4) is 0 Å². The number of pyridine rings is 1. The van der Waals surface area contributed by atoms with E-state index < -0.39 is 11.9 Å². The molecule has 2 nitrogen and oxygen atoms in total. The van der Waals surface area contributed by atoms with Crippen LogP contribution in [0.1, 0.15) is 5.69 Å². The van der Waals surface area contributed by atoms with E-state index in [-0.39, 0.29) is 5.75 Å². The zero-order valence-electron chi connectivity index (χ0n) is 6.14. The Hall–Kier alpha value is -1.26. The van der Waals surface area contributed by atoms with Crippen LogP contribution in [0.2, 0.25) is 0 Å². The Morgan fingerprint density at radius 3 is 2.67 bits per heavy atom. The highest BCUT2D eigenvalue weighted by Gasteiger charge is 2.32. The first-order chi connectivity index (χ1) is 5.54. The minimum atomic E-state index is -4.43. The lowest BCUT2D eigenvalue weighted by Gasteiger charge is -2.05. The molecule has 0 spiro atoms. The van der Waals surface area contributed by atoms with Gasteiger partial charge in [0.25, 0.3) is 0 Å². The summed E-state index contributed by atoms with van der Waals surface area (Å²) < 4.78 is 40.5. The molecule has 0 amide bonds. The fourth-order valence-electron chi connectivity index (χ4n) is 0.641. The van der Waals surface area contributed by atoms with Gasteiger partial charge in [-0.25, -0.2) is 0 Å². The molecule has 0 atom stereocenters. The van der Waals surface area contributed by atoms with Crippen molar-refractivity contribution in [3.63, 3.8) is 0 Å². The molecule has 0 aliphatic heterocycles. The molecule has 1 heterocycles. The van der Waals surface area contributed by atoms with Crippen LogP contribution in [0.5, 0.6) is 5.75 Å². The Kier molecular flexibility index (Phi) is 2.21. The molecule has 0 saturated carbocycles. The molecule has 65 valence electrons. The Bertz CT molecular complexity index is 272. The number of hydrogen-bond acceptors (Lipinski definition) is 2. The predicted octanol–water partition coefficient (Wildman–Crippen LogP) is 1.91. The summed E-state index contributed by atoms with van der Waals surface area (Å²) in [6.07, 6.45) is -3.50. The Balaban J connectivity index is 3.02. The lowest BCUT2D eigenvalue weighted by Crippen LogP contribution is -2.07. The number of hydrogen-bond donors (Lipinski definition) is 0. The molecular weight excluding hydrogens is 171 g/mol. The van der Waals surface area contributed by atoms with Crippen molar-refractivity contribution < 1.29 is 17.9 Å². The van der Waals surface area contributed by atoms with Gasteiger partial charge in [-0.2, -0.15) is 13.2 Å². The van der Waals surface area contributed by atoms with Crippen molar-refractivity contribution in [1.29, 1.82) is 0 Å². The maximum absolute atomic E-state index is 12.0. The monoisotopic (exact) mass is 176 g/mol. The quantitative estimate of drug-likeness (QED) is 0.652. The van der Waals surface area contributed by atoms with Crippen molar-refractivity contribution in [2.45, 2.75) is 6.18 Å².